The van der Waals surface area contributed by atoms with Crippen molar-refractivity contribution >= 4 is 21.9 Å². The molecule has 0 aliphatic heterocycles. The van der Waals surface area contributed by atoms with Crippen molar-refractivity contribution in [3.8, 4) is 0 Å². The summed E-state index contributed by atoms with van der Waals surface area (Å²) in [7, 11) is -2.39. The van der Waals surface area contributed by atoms with Gasteiger partial charge in [0, 0.05) is 13.6 Å². The van der Waals surface area contributed by atoms with Crippen molar-refractivity contribution in [2.24, 2.45) is 0 Å². The second kappa shape index (κ2) is 9.62. The molecule has 1 N–H and O–H groups in total. The maximum atomic E-state index is 13.2. The lowest BCUT2D eigenvalue weighted by Crippen LogP contribution is -2.34. The van der Waals surface area contributed by atoms with Crippen molar-refractivity contribution in [3.63, 3.8) is 0 Å². The minimum absolute atomic E-state index is 0.0410. The van der Waals surface area contributed by atoms with E-state index in [0.29, 0.717) is 5.56 Å². The predicted molar refractivity (Wildman–Crippen MR) is 105 cm³/mol. The summed E-state index contributed by atoms with van der Waals surface area (Å²) in [5.74, 6) is -1.80. The number of esters is 1. The van der Waals surface area contributed by atoms with Gasteiger partial charge >= 0.3 is 5.97 Å². The number of nitrogens with zero attached hydrogens (tertiary/aromatic N) is 1. The maximum absolute atomic E-state index is 13.2. The summed E-state index contributed by atoms with van der Waals surface area (Å²) in [6.07, 6.45) is 0. The van der Waals surface area contributed by atoms with Crippen molar-refractivity contribution in [2.45, 2.75) is 25.3 Å². The molecule has 0 aliphatic carbocycles. The largest absolute Gasteiger partial charge is 0.455 e. The third-order valence-electron chi connectivity index (χ3n) is 4.29. The Morgan fingerprint density at radius 3 is 2.48 bits per heavy atom. The highest BCUT2D eigenvalue weighted by atomic mass is 32.2. The molecule has 0 atom stereocenters. The molecule has 0 saturated heterocycles. The third-order valence-corrected chi connectivity index (χ3v) is 5.69. The Kier molecular flexibility index (Phi) is 7.46. The van der Waals surface area contributed by atoms with Crippen LogP contribution in [0.4, 0.5) is 4.39 Å². The summed E-state index contributed by atoms with van der Waals surface area (Å²) in [5, 5.41) is 0. The molecular formula is C20H23FN2O5S. The zero-order valence-corrected chi connectivity index (χ0v) is 17.3. The van der Waals surface area contributed by atoms with Gasteiger partial charge in [0.25, 0.3) is 5.91 Å². The zero-order valence-electron chi connectivity index (χ0n) is 16.4. The molecule has 0 radical (unpaired) electrons. The first-order valence-corrected chi connectivity index (χ1v) is 10.3. The average Bonchev–Trinajstić information content (AvgIpc) is 2.66. The van der Waals surface area contributed by atoms with E-state index in [0.717, 1.165) is 11.1 Å². The number of carbonyl (C=O) groups is 2. The van der Waals surface area contributed by atoms with Crippen LogP contribution in [0.2, 0.25) is 0 Å². The Balaban J connectivity index is 1.82. The summed E-state index contributed by atoms with van der Waals surface area (Å²) < 4.78 is 44.7. The molecule has 0 heterocycles. The molecule has 9 heteroatoms. The Bertz CT molecular complexity index is 1010. The third kappa shape index (κ3) is 6.65. The molecule has 29 heavy (non-hydrogen) atoms. The lowest BCUT2D eigenvalue weighted by molar-refractivity contribution is -0.150. The van der Waals surface area contributed by atoms with Crippen molar-refractivity contribution in [1.29, 1.82) is 0 Å². The van der Waals surface area contributed by atoms with Crippen molar-refractivity contribution in [1.82, 2.24) is 9.62 Å². The fourth-order valence-electron chi connectivity index (χ4n) is 2.42. The number of nitrogens with one attached hydrogen (secondary N) is 1. The van der Waals surface area contributed by atoms with Gasteiger partial charge in [0.15, 0.2) is 6.61 Å². The van der Waals surface area contributed by atoms with Gasteiger partial charge in [-0.05, 0) is 54.8 Å². The molecule has 7 nitrogen and oxygen atoms in total. The van der Waals surface area contributed by atoms with Gasteiger partial charge in [-0.15, -0.1) is 0 Å². The molecule has 0 bridgehead atoms. The van der Waals surface area contributed by atoms with Crippen molar-refractivity contribution < 1.29 is 27.1 Å². The molecule has 156 valence electrons. The van der Waals surface area contributed by atoms with Gasteiger partial charge in [-0.1, -0.05) is 18.2 Å². The fraction of sp³-hybridized carbons (Fsp3) is 0.300. The molecule has 2 rings (SSSR count). The van der Waals surface area contributed by atoms with Gasteiger partial charge in [-0.2, -0.15) is 4.72 Å². The highest BCUT2D eigenvalue weighted by Gasteiger charge is 2.18. The van der Waals surface area contributed by atoms with Gasteiger partial charge in [-0.25, -0.2) is 12.8 Å². The van der Waals surface area contributed by atoms with Gasteiger partial charge in [-0.3, -0.25) is 9.59 Å². The number of likely N-dealkylation sites (N-methyl/N-ethyl adjacent to an activating group) is 1. The van der Waals surface area contributed by atoms with Crippen LogP contribution in [0.3, 0.4) is 0 Å². The standard InChI is InChI=1S/C20H23FN2O5S/c1-14-7-8-18(9-15(14)2)29(26,27)22-11-20(25)28-13-19(24)23(3)12-16-5-4-6-17(21)10-16/h4-10,22H,11-13H2,1-3H3. The smallest absolute Gasteiger partial charge is 0.321 e. The number of hydrogen-bond donors (Lipinski definition) is 1. The van der Waals surface area contributed by atoms with Gasteiger partial charge in [0.1, 0.15) is 12.4 Å². The monoisotopic (exact) mass is 422 g/mol. The van der Waals surface area contributed by atoms with Crippen LogP contribution in [0.15, 0.2) is 47.4 Å². The zero-order chi connectivity index (χ0) is 21.6. The van der Waals surface area contributed by atoms with Crippen LogP contribution < -0.4 is 4.72 Å². The van der Waals surface area contributed by atoms with Crippen molar-refractivity contribution in [3.05, 3.63) is 65.0 Å². The van der Waals surface area contributed by atoms with E-state index in [9.17, 15) is 22.4 Å². The molecule has 2 aromatic carbocycles. The SMILES string of the molecule is Cc1ccc(S(=O)(=O)NCC(=O)OCC(=O)N(C)Cc2cccc(F)c2)cc1C. The van der Waals surface area contributed by atoms with Crippen molar-refractivity contribution in [2.75, 3.05) is 20.2 Å². The minimum Gasteiger partial charge on any atom is -0.455 e. The molecular weight excluding hydrogens is 399 g/mol. The second-order valence-electron chi connectivity index (χ2n) is 6.61. The topological polar surface area (TPSA) is 92.8 Å². The molecule has 0 spiro atoms. The van der Waals surface area contributed by atoms with E-state index in [2.05, 4.69) is 4.72 Å². The molecule has 0 aromatic heterocycles. The number of ether oxygens (including phenoxy) is 1. The fourth-order valence-corrected chi connectivity index (χ4v) is 3.47. The summed E-state index contributed by atoms with van der Waals surface area (Å²) >= 11 is 0. The van der Waals surface area contributed by atoms with Crippen LogP contribution in [0.1, 0.15) is 16.7 Å². The van der Waals surface area contributed by atoms with Gasteiger partial charge in [0.05, 0.1) is 4.90 Å². The normalized spacial score (nSPS) is 11.2. The summed E-state index contributed by atoms with van der Waals surface area (Å²) in [6.45, 7) is 2.65. The second-order valence-corrected chi connectivity index (χ2v) is 8.38. The van der Waals surface area contributed by atoms with E-state index < -0.39 is 40.9 Å². The van der Waals surface area contributed by atoms with Crippen LogP contribution in [0.25, 0.3) is 0 Å². The Morgan fingerprint density at radius 1 is 1.10 bits per heavy atom. The number of amides is 1. The number of carbonyl (C=O) groups excluding carboxylic acids is 2. The minimum atomic E-state index is -3.88. The Morgan fingerprint density at radius 2 is 1.83 bits per heavy atom. The van der Waals surface area contributed by atoms with Crippen LogP contribution in [-0.4, -0.2) is 45.4 Å². The maximum Gasteiger partial charge on any atom is 0.321 e. The summed E-state index contributed by atoms with van der Waals surface area (Å²) in [6, 6.07) is 10.4. The summed E-state index contributed by atoms with van der Waals surface area (Å²) in [5.41, 5.74) is 2.35. The van der Waals surface area contributed by atoms with Gasteiger partial charge in [0.2, 0.25) is 10.0 Å². The first kappa shape index (κ1) is 22.5. The molecule has 2 aromatic rings. The van der Waals surface area contributed by atoms with Crippen LogP contribution in [0, 0.1) is 19.7 Å². The first-order chi connectivity index (χ1) is 13.6. The molecule has 0 unspecified atom stereocenters. The van der Waals surface area contributed by atoms with Crippen LogP contribution in [-0.2, 0) is 30.9 Å². The number of hydrogen-bond acceptors (Lipinski definition) is 5. The Labute approximate surface area is 169 Å². The highest BCUT2D eigenvalue weighted by molar-refractivity contribution is 7.89. The van der Waals surface area contributed by atoms with E-state index in [1.54, 1.807) is 19.1 Å². The van der Waals surface area contributed by atoms with Gasteiger partial charge < -0.3 is 9.64 Å². The molecule has 0 saturated carbocycles. The van der Waals surface area contributed by atoms with Crippen LogP contribution >= 0.6 is 0 Å². The van der Waals surface area contributed by atoms with Crippen LogP contribution in [0.5, 0.6) is 0 Å². The molecule has 0 aliphatic rings. The van der Waals surface area contributed by atoms with E-state index in [1.165, 1.54) is 42.3 Å². The number of rotatable bonds is 8. The summed E-state index contributed by atoms with van der Waals surface area (Å²) in [4.78, 5) is 25.2. The number of halogens is 1. The number of benzene rings is 2. The quantitative estimate of drug-likeness (QED) is 0.656. The predicted octanol–water partition coefficient (Wildman–Crippen LogP) is 1.92. The number of aryl methyl sites for hydroxylation is 2. The molecule has 1 amide bonds. The molecule has 0 fully saturated rings. The lowest BCUT2D eigenvalue weighted by atomic mass is 10.1. The first-order valence-electron chi connectivity index (χ1n) is 8.79. The van der Waals surface area contributed by atoms with E-state index in [-0.39, 0.29) is 11.4 Å². The van der Waals surface area contributed by atoms with E-state index in [1.807, 2.05) is 6.92 Å². The Hall–Kier alpha value is -2.78. The lowest BCUT2D eigenvalue weighted by Gasteiger charge is -2.17. The van der Waals surface area contributed by atoms with E-state index in [4.69, 9.17) is 4.74 Å². The number of sulfonamides is 1. The highest BCUT2D eigenvalue weighted by Crippen LogP contribution is 2.14. The van der Waals surface area contributed by atoms with E-state index >= 15 is 0 Å². The average molecular weight is 422 g/mol.